The molecule has 0 spiro atoms. The van der Waals surface area contributed by atoms with Gasteiger partial charge in [0.25, 0.3) is 0 Å². The summed E-state index contributed by atoms with van der Waals surface area (Å²) in [7, 11) is 0. The number of alkyl halides is 1. The van der Waals surface area contributed by atoms with Crippen molar-refractivity contribution in [2.24, 2.45) is 5.92 Å². The van der Waals surface area contributed by atoms with Gasteiger partial charge in [0, 0.05) is 25.8 Å². The Morgan fingerprint density at radius 3 is 2.89 bits per heavy atom. The Morgan fingerprint density at radius 2 is 2.32 bits per heavy atom. The van der Waals surface area contributed by atoms with Crippen LogP contribution < -0.4 is 4.90 Å². The van der Waals surface area contributed by atoms with Gasteiger partial charge in [-0.25, -0.2) is 9.37 Å². The summed E-state index contributed by atoms with van der Waals surface area (Å²) in [4.78, 5) is 8.25. The summed E-state index contributed by atoms with van der Waals surface area (Å²) in [6.45, 7) is 8.91. The van der Waals surface area contributed by atoms with Gasteiger partial charge in [0.1, 0.15) is 5.82 Å². The minimum Gasteiger partial charge on any atom is -0.351 e. The molecule has 1 aliphatic heterocycles. The first-order chi connectivity index (χ1) is 9.24. The van der Waals surface area contributed by atoms with Crippen molar-refractivity contribution in [3.8, 4) is 0 Å². The third-order valence-corrected chi connectivity index (χ3v) is 3.88. The summed E-state index contributed by atoms with van der Waals surface area (Å²) in [6.07, 6.45) is 2.79. The van der Waals surface area contributed by atoms with E-state index >= 15 is 0 Å². The van der Waals surface area contributed by atoms with Crippen molar-refractivity contribution >= 4 is 5.82 Å². The number of pyridine rings is 1. The van der Waals surface area contributed by atoms with E-state index in [0.29, 0.717) is 12.5 Å². The molecule has 1 aromatic heterocycles. The molecule has 2 heterocycles. The zero-order valence-corrected chi connectivity index (χ0v) is 11.6. The second-order valence-corrected chi connectivity index (χ2v) is 5.13. The maximum atomic E-state index is 14.3. The number of rotatable bonds is 5. The van der Waals surface area contributed by atoms with Crippen LogP contribution in [0.4, 0.5) is 10.2 Å². The fourth-order valence-electron chi connectivity index (χ4n) is 2.49. The fraction of sp³-hybridized carbons (Fsp3) is 0.600. The number of halogens is 1. The molecule has 0 aromatic carbocycles. The summed E-state index contributed by atoms with van der Waals surface area (Å²) in [5.41, 5.74) is 0. The van der Waals surface area contributed by atoms with Crippen molar-refractivity contribution in [3.05, 3.63) is 31.3 Å². The first-order valence-corrected chi connectivity index (χ1v) is 7.08. The van der Waals surface area contributed by atoms with E-state index in [0.717, 1.165) is 38.3 Å². The number of nitrogens with zero attached hydrogens (tertiary/aromatic N) is 3. The standard InChI is InChI=1S/C15H23FN3/c1-3-13(4-2)11-18-9-10-19(12-14(18)16)15-7-5-6-8-17-15/h5-8,13-14H,1,3-4,9-12H2,2H3. The highest BCUT2D eigenvalue weighted by molar-refractivity contribution is 5.38. The molecule has 3 nitrogen and oxygen atoms in total. The van der Waals surface area contributed by atoms with Crippen molar-refractivity contribution < 1.29 is 4.39 Å². The summed E-state index contributed by atoms with van der Waals surface area (Å²) >= 11 is 0. The van der Waals surface area contributed by atoms with Gasteiger partial charge in [0.2, 0.25) is 0 Å². The number of hydrogen-bond acceptors (Lipinski definition) is 3. The first kappa shape index (κ1) is 14.3. The van der Waals surface area contributed by atoms with Crippen LogP contribution in [0.15, 0.2) is 24.4 Å². The molecule has 0 N–H and O–H groups in total. The van der Waals surface area contributed by atoms with Gasteiger partial charge in [-0.2, -0.15) is 0 Å². The van der Waals surface area contributed by atoms with E-state index in [-0.39, 0.29) is 0 Å². The van der Waals surface area contributed by atoms with Crippen LogP contribution in [0.1, 0.15) is 19.8 Å². The molecular weight excluding hydrogens is 241 g/mol. The normalized spacial score (nSPS) is 21.1. The Morgan fingerprint density at radius 1 is 1.47 bits per heavy atom. The van der Waals surface area contributed by atoms with Crippen molar-refractivity contribution in [1.82, 2.24) is 9.88 Å². The average Bonchev–Trinajstić information content (AvgIpc) is 2.47. The highest BCUT2D eigenvalue weighted by atomic mass is 19.1. The molecule has 0 amide bonds. The van der Waals surface area contributed by atoms with Crippen LogP contribution in [0.25, 0.3) is 0 Å². The van der Waals surface area contributed by atoms with Crippen molar-refractivity contribution in [1.29, 1.82) is 0 Å². The lowest BCUT2D eigenvalue weighted by molar-refractivity contribution is 0.0550. The number of anilines is 1. The highest BCUT2D eigenvalue weighted by Gasteiger charge is 2.28. The molecule has 1 aliphatic rings. The average molecular weight is 264 g/mol. The predicted molar refractivity (Wildman–Crippen MR) is 76.7 cm³/mol. The van der Waals surface area contributed by atoms with E-state index in [2.05, 4.69) is 18.8 Å². The lowest BCUT2D eigenvalue weighted by Crippen LogP contribution is -2.52. The Labute approximate surface area is 115 Å². The molecule has 4 heteroatoms. The van der Waals surface area contributed by atoms with E-state index in [4.69, 9.17) is 0 Å². The van der Waals surface area contributed by atoms with E-state index in [1.165, 1.54) is 0 Å². The quantitative estimate of drug-likeness (QED) is 0.762. The molecule has 2 rings (SSSR count). The zero-order chi connectivity index (χ0) is 13.7. The highest BCUT2D eigenvalue weighted by Crippen LogP contribution is 2.20. The van der Waals surface area contributed by atoms with Crippen LogP contribution in [0, 0.1) is 12.8 Å². The summed E-state index contributed by atoms with van der Waals surface area (Å²) in [5.74, 6) is 1.37. The minimum absolute atomic E-state index is 0.407. The summed E-state index contributed by atoms with van der Waals surface area (Å²) in [6, 6.07) is 5.76. The van der Waals surface area contributed by atoms with E-state index < -0.39 is 6.30 Å². The Bertz CT molecular complexity index is 367. The van der Waals surface area contributed by atoms with Crippen LogP contribution >= 0.6 is 0 Å². The molecule has 19 heavy (non-hydrogen) atoms. The van der Waals surface area contributed by atoms with Gasteiger partial charge >= 0.3 is 0 Å². The molecule has 105 valence electrons. The Kier molecular flexibility index (Phi) is 5.14. The Balaban J connectivity index is 1.91. The van der Waals surface area contributed by atoms with Crippen LogP contribution in [-0.4, -0.2) is 42.4 Å². The number of hydrogen-bond donors (Lipinski definition) is 0. The second-order valence-electron chi connectivity index (χ2n) is 5.13. The molecule has 2 unspecified atom stereocenters. The molecular formula is C15H23FN3. The van der Waals surface area contributed by atoms with Crippen LogP contribution in [0.3, 0.4) is 0 Å². The fourth-order valence-corrected chi connectivity index (χ4v) is 2.49. The second kappa shape index (κ2) is 6.85. The Hall–Kier alpha value is -1.16. The summed E-state index contributed by atoms with van der Waals surface area (Å²) in [5, 5.41) is 0. The molecule has 2 atom stereocenters. The molecule has 0 bridgehead atoms. The first-order valence-electron chi connectivity index (χ1n) is 7.08. The van der Waals surface area contributed by atoms with Gasteiger partial charge in [-0.05, 0) is 24.5 Å². The van der Waals surface area contributed by atoms with Crippen LogP contribution in [0.5, 0.6) is 0 Å². The number of piperazine rings is 1. The van der Waals surface area contributed by atoms with Gasteiger partial charge in [-0.1, -0.05) is 26.3 Å². The minimum atomic E-state index is -0.906. The monoisotopic (exact) mass is 264 g/mol. The zero-order valence-electron chi connectivity index (χ0n) is 11.6. The molecule has 1 radical (unpaired) electrons. The maximum absolute atomic E-state index is 14.3. The maximum Gasteiger partial charge on any atom is 0.171 e. The lowest BCUT2D eigenvalue weighted by atomic mass is 10.0. The molecule has 1 fully saturated rings. The number of aromatic nitrogens is 1. The van der Waals surface area contributed by atoms with Crippen molar-refractivity contribution in [2.75, 3.05) is 31.1 Å². The van der Waals surface area contributed by atoms with Gasteiger partial charge in [-0.15, -0.1) is 0 Å². The summed E-state index contributed by atoms with van der Waals surface area (Å²) < 4.78 is 14.3. The topological polar surface area (TPSA) is 19.4 Å². The third-order valence-electron chi connectivity index (χ3n) is 3.88. The van der Waals surface area contributed by atoms with E-state index in [1.54, 1.807) is 6.20 Å². The molecule has 0 aliphatic carbocycles. The van der Waals surface area contributed by atoms with Crippen LogP contribution in [-0.2, 0) is 0 Å². The molecule has 1 aromatic rings. The van der Waals surface area contributed by atoms with E-state index in [1.807, 2.05) is 28.0 Å². The molecule has 0 saturated carbocycles. The third kappa shape index (κ3) is 3.66. The van der Waals surface area contributed by atoms with E-state index in [9.17, 15) is 4.39 Å². The van der Waals surface area contributed by atoms with Crippen molar-refractivity contribution in [2.45, 2.75) is 26.1 Å². The smallest absolute Gasteiger partial charge is 0.171 e. The SMILES string of the molecule is [CH2]CC(CC)CN1CCN(c2ccccn2)CC1F. The van der Waals surface area contributed by atoms with Gasteiger partial charge in [0.05, 0.1) is 6.54 Å². The largest absolute Gasteiger partial charge is 0.351 e. The lowest BCUT2D eigenvalue weighted by Gasteiger charge is -2.39. The van der Waals surface area contributed by atoms with Crippen molar-refractivity contribution in [3.63, 3.8) is 0 Å². The van der Waals surface area contributed by atoms with Gasteiger partial charge in [0.15, 0.2) is 6.30 Å². The van der Waals surface area contributed by atoms with Crippen LogP contribution in [0.2, 0.25) is 0 Å². The van der Waals surface area contributed by atoms with Gasteiger partial charge in [-0.3, -0.25) is 4.90 Å². The predicted octanol–water partition coefficient (Wildman–Crippen LogP) is 2.75. The molecule has 1 saturated heterocycles. The van der Waals surface area contributed by atoms with Gasteiger partial charge < -0.3 is 4.90 Å².